The van der Waals surface area contributed by atoms with Crippen LogP contribution in [0, 0.1) is 0 Å². The van der Waals surface area contributed by atoms with E-state index in [1.807, 2.05) is 0 Å². The highest BCUT2D eigenvalue weighted by molar-refractivity contribution is 5.94. The maximum atomic E-state index is 12.5. The van der Waals surface area contributed by atoms with Gasteiger partial charge in [-0.25, -0.2) is 15.0 Å². The molecule has 0 amide bonds. The van der Waals surface area contributed by atoms with Crippen LogP contribution in [0.25, 0.3) is 22.4 Å². The number of hydrogen-bond donors (Lipinski definition) is 2. The molecule has 9 heteroatoms. The van der Waals surface area contributed by atoms with E-state index in [-0.39, 0.29) is 5.75 Å². The predicted molar refractivity (Wildman–Crippen MR) is 101 cm³/mol. The number of alkyl halides is 2. The van der Waals surface area contributed by atoms with Gasteiger partial charge in [-0.05, 0) is 30.3 Å². The zero-order valence-electron chi connectivity index (χ0n) is 14.4. The van der Waals surface area contributed by atoms with Crippen LogP contribution in [-0.2, 0) is 0 Å². The topological polar surface area (TPSA) is 98.8 Å². The lowest BCUT2D eigenvalue weighted by atomic mass is 10.2. The van der Waals surface area contributed by atoms with Crippen molar-refractivity contribution in [2.75, 3.05) is 11.1 Å². The number of nitrogens with two attached hydrogens (primary N) is 1. The Hall–Kier alpha value is -3.88. The summed E-state index contributed by atoms with van der Waals surface area (Å²) in [5.74, 6) is 0.854. The summed E-state index contributed by atoms with van der Waals surface area (Å²) in [6.45, 7) is -2.90. The highest BCUT2D eigenvalue weighted by Gasteiger charge is 2.12. The fourth-order valence-corrected chi connectivity index (χ4v) is 2.66. The zero-order valence-corrected chi connectivity index (χ0v) is 14.4. The fourth-order valence-electron chi connectivity index (χ4n) is 2.66. The molecule has 4 rings (SSSR count). The lowest BCUT2D eigenvalue weighted by Gasteiger charge is -2.12. The smallest absolute Gasteiger partial charge is 0.387 e. The Kier molecular flexibility index (Phi) is 4.63. The molecule has 7 nitrogen and oxygen atoms in total. The first-order chi connectivity index (χ1) is 13.6. The number of anilines is 3. The van der Waals surface area contributed by atoms with Crippen LogP contribution in [0.4, 0.5) is 26.0 Å². The molecule has 2 aromatic carbocycles. The number of nitrogens with one attached hydrogen (secondary N) is 1. The second-order valence-corrected chi connectivity index (χ2v) is 5.79. The normalized spacial score (nSPS) is 11.0. The second-order valence-electron chi connectivity index (χ2n) is 5.79. The summed E-state index contributed by atoms with van der Waals surface area (Å²) in [5.41, 5.74) is 8.11. The Morgan fingerprint density at radius 2 is 1.93 bits per heavy atom. The van der Waals surface area contributed by atoms with E-state index >= 15 is 0 Å². The molecule has 0 fully saturated rings. The number of nitrogens with zero attached hydrogens (tertiary/aromatic N) is 4. The molecule has 2 aromatic heterocycles. The first kappa shape index (κ1) is 17.5. The van der Waals surface area contributed by atoms with Crippen LogP contribution in [0.15, 0.2) is 61.1 Å². The van der Waals surface area contributed by atoms with Crippen LogP contribution in [0.2, 0.25) is 0 Å². The number of fused-ring (bicyclic) bond motifs is 1. The SMILES string of the molecule is Nc1ccc2nc(-c3cnccn3)nc(Nc3cccc(OC(F)F)c3)c2c1. The predicted octanol–water partition coefficient (Wildman–Crippen LogP) is 4.01. The van der Waals surface area contributed by atoms with Gasteiger partial charge in [0.2, 0.25) is 0 Å². The number of nitrogen functional groups attached to an aromatic ring is 1. The van der Waals surface area contributed by atoms with Gasteiger partial charge in [0.25, 0.3) is 0 Å². The van der Waals surface area contributed by atoms with Gasteiger partial charge in [-0.2, -0.15) is 8.78 Å². The van der Waals surface area contributed by atoms with Crippen molar-refractivity contribution in [1.82, 2.24) is 19.9 Å². The van der Waals surface area contributed by atoms with E-state index in [1.54, 1.807) is 48.9 Å². The number of rotatable bonds is 5. The third-order valence-corrected chi connectivity index (χ3v) is 3.83. The van der Waals surface area contributed by atoms with E-state index in [2.05, 4.69) is 30.0 Å². The van der Waals surface area contributed by atoms with Gasteiger partial charge in [0.1, 0.15) is 17.3 Å². The quantitative estimate of drug-likeness (QED) is 0.505. The Labute approximate surface area is 158 Å². The molecule has 0 bridgehead atoms. The highest BCUT2D eigenvalue weighted by Crippen LogP contribution is 2.29. The third kappa shape index (κ3) is 3.78. The molecular weight excluding hydrogens is 366 g/mol. The van der Waals surface area contributed by atoms with E-state index in [0.717, 1.165) is 0 Å². The van der Waals surface area contributed by atoms with Crippen molar-refractivity contribution in [2.24, 2.45) is 0 Å². The number of benzene rings is 2. The summed E-state index contributed by atoms with van der Waals surface area (Å²) >= 11 is 0. The van der Waals surface area contributed by atoms with Crippen LogP contribution in [-0.4, -0.2) is 26.5 Å². The Bertz CT molecular complexity index is 1120. The molecule has 3 N–H and O–H groups in total. The first-order valence-corrected chi connectivity index (χ1v) is 8.24. The largest absolute Gasteiger partial charge is 0.435 e. The van der Waals surface area contributed by atoms with Crippen molar-refractivity contribution in [3.63, 3.8) is 0 Å². The lowest BCUT2D eigenvalue weighted by molar-refractivity contribution is -0.0497. The van der Waals surface area contributed by atoms with Crippen molar-refractivity contribution in [2.45, 2.75) is 6.61 Å². The van der Waals surface area contributed by atoms with Gasteiger partial charge >= 0.3 is 6.61 Å². The Morgan fingerprint density at radius 1 is 1.04 bits per heavy atom. The van der Waals surface area contributed by atoms with Crippen LogP contribution in [0.1, 0.15) is 0 Å². The zero-order chi connectivity index (χ0) is 19.5. The third-order valence-electron chi connectivity index (χ3n) is 3.83. The molecule has 4 aromatic rings. The van der Waals surface area contributed by atoms with Gasteiger partial charge in [-0.1, -0.05) is 6.07 Å². The summed E-state index contributed by atoms with van der Waals surface area (Å²) in [4.78, 5) is 17.3. The molecule has 0 aliphatic heterocycles. The number of aromatic nitrogens is 4. The Morgan fingerprint density at radius 3 is 2.71 bits per heavy atom. The molecule has 0 aliphatic carbocycles. The second kappa shape index (κ2) is 7.39. The molecular formula is C19H14F2N6O. The van der Waals surface area contributed by atoms with Crippen molar-refractivity contribution >= 4 is 28.1 Å². The maximum absolute atomic E-state index is 12.5. The standard InChI is InChI=1S/C19H14F2N6O/c20-19(21)28-13-3-1-2-12(9-13)25-17-14-8-11(22)4-5-15(14)26-18(27-17)16-10-23-6-7-24-16/h1-10,19H,22H2,(H,25,26,27). The summed E-state index contributed by atoms with van der Waals surface area (Å²) in [6, 6.07) is 11.4. The van der Waals surface area contributed by atoms with Crippen molar-refractivity contribution in [3.05, 3.63) is 61.1 Å². The fraction of sp³-hybridized carbons (Fsp3) is 0.0526. The summed E-state index contributed by atoms with van der Waals surface area (Å²) in [6.07, 6.45) is 4.66. The summed E-state index contributed by atoms with van der Waals surface area (Å²) < 4.78 is 29.4. The van der Waals surface area contributed by atoms with Crippen LogP contribution in [0.3, 0.4) is 0 Å². The van der Waals surface area contributed by atoms with E-state index < -0.39 is 6.61 Å². The van der Waals surface area contributed by atoms with Gasteiger partial charge in [0.15, 0.2) is 5.82 Å². The van der Waals surface area contributed by atoms with Gasteiger partial charge in [-0.15, -0.1) is 0 Å². The molecule has 0 unspecified atom stereocenters. The molecule has 0 saturated carbocycles. The van der Waals surface area contributed by atoms with Gasteiger partial charge in [-0.3, -0.25) is 4.98 Å². The Balaban J connectivity index is 1.80. The van der Waals surface area contributed by atoms with E-state index in [1.165, 1.54) is 12.1 Å². The van der Waals surface area contributed by atoms with Crippen LogP contribution < -0.4 is 15.8 Å². The van der Waals surface area contributed by atoms with Gasteiger partial charge in [0, 0.05) is 35.2 Å². The van der Waals surface area contributed by atoms with Gasteiger partial charge in [0.05, 0.1) is 11.7 Å². The monoisotopic (exact) mass is 380 g/mol. The van der Waals surface area contributed by atoms with E-state index in [0.29, 0.717) is 39.6 Å². The molecule has 0 radical (unpaired) electrons. The average Bonchev–Trinajstić information content (AvgIpc) is 2.69. The van der Waals surface area contributed by atoms with Gasteiger partial charge < -0.3 is 15.8 Å². The minimum absolute atomic E-state index is 0.0343. The number of hydrogen-bond acceptors (Lipinski definition) is 7. The van der Waals surface area contributed by atoms with Crippen LogP contribution >= 0.6 is 0 Å². The lowest BCUT2D eigenvalue weighted by Crippen LogP contribution is -2.03. The minimum Gasteiger partial charge on any atom is -0.435 e. The molecule has 0 spiro atoms. The molecule has 28 heavy (non-hydrogen) atoms. The molecule has 140 valence electrons. The molecule has 0 saturated heterocycles. The van der Waals surface area contributed by atoms with Crippen LogP contribution in [0.5, 0.6) is 5.75 Å². The van der Waals surface area contributed by atoms with Crippen molar-refractivity contribution < 1.29 is 13.5 Å². The summed E-state index contributed by atoms with van der Waals surface area (Å²) in [7, 11) is 0. The highest BCUT2D eigenvalue weighted by atomic mass is 19.3. The minimum atomic E-state index is -2.90. The molecule has 2 heterocycles. The van der Waals surface area contributed by atoms with E-state index in [9.17, 15) is 8.78 Å². The summed E-state index contributed by atoms with van der Waals surface area (Å²) in [5, 5.41) is 3.79. The number of halogens is 2. The molecule has 0 aliphatic rings. The van der Waals surface area contributed by atoms with E-state index in [4.69, 9.17) is 5.73 Å². The maximum Gasteiger partial charge on any atom is 0.387 e. The number of ether oxygens (including phenoxy) is 1. The molecule has 0 atom stereocenters. The average molecular weight is 380 g/mol. The first-order valence-electron chi connectivity index (χ1n) is 8.24. The van der Waals surface area contributed by atoms with Crippen molar-refractivity contribution in [3.8, 4) is 17.3 Å². The van der Waals surface area contributed by atoms with Crippen molar-refractivity contribution in [1.29, 1.82) is 0 Å².